The number of rotatable bonds is 5. The van der Waals surface area contributed by atoms with Crippen molar-refractivity contribution in [2.75, 3.05) is 38.7 Å². The summed E-state index contributed by atoms with van der Waals surface area (Å²) in [6, 6.07) is 5.79. The molecular formula is C19H25N5O2. The number of hydrogen-bond acceptors (Lipinski definition) is 6. The van der Waals surface area contributed by atoms with Crippen LogP contribution in [-0.2, 0) is 11.2 Å². The van der Waals surface area contributed by atoms with Crippen molar-refractivity contribution in [2.24, 2.45) is 0 Å². The summed E-state index contributed by atoms with van der Waals surface area (Å²) in [7, 11) is 3.96. The molecule has 0 spiro atoms. The van der Waals surface area contributed by atoms with Crippen LogP contribution in [0.15, 0.2) is 30.6 Å². The molecule has 0 saturated carbocycles. The number of hydrogen-bond donors (Lipinski definition) is 0. The molecule has 7 nitrogen and oxygen atoms in total. The summed E-state index contributed by atoms with van der Waals surface area (Å²) in [5, 5.41) is 0. The average molecular weight is 355 g/mol. The highest BCUT2D eigenvalue weighted by molar-refractivity contribution is 5.92. The fraction of sp³-hybridized carbons (Fsp3) is 0.474. The van der Waals surface area contributed by atoms with E-state index in [1.165, 1.54) is 5.56 Å². The van der Waals surface area contributed by atoms with Gasteiger partial charge in [-0.1, -0.05) is 0 Å². The third kappa shape index (κ3) is 4.54. The molecule has 3 heterocycles. The van der Waals surface area contributed by atoms with Crippen LogP contribution in [0.4, 0.5) is 5.82 Å². The van der Waals surface area contributed by atoms with Gasteiger partial charge < -0.3 is 14.5 Å². The van der Waals surface area contributed by atoms with Crippen molar-refractivity contribution in [1.29, 1.82) is 0 Å². The van der Waals surface area contributed by atoms with Crippen molar-refractivity contribution >= 4 is 11.7 Å². The highest BCUT2D eigenvalue weighted by Gasteiger charge is 2.25. The number of carbonyl (C=O) groups excluding carboxylic acids is 1. The van der Waals surface area contributed by atoms with Crippen LogP contribution in [0.1, 0.15) is 28.3 Å². The summed E-state index contributed by atoms with van der Waals surface area (Å²) in [6.45, 7) is 3.53. The minimum Gasteiger partial charge on any atom is -0.375 e. The maximum atomic E-state index is 12.7. The second kappa shape index (κ2) is 8.23. The minimum atomic E-state index is -0.0531. The van der Waals surface area contributed by atoms with Crippen molar-refractivity contribution in [3.63, 3.8) is 0 Å². The molecule has 1 amide bonds. The highest BCUT2D eigenvalue weighted by atomic mass is 16.5. The molecule has 1 fully saturated rings. The quantitative estimate of drug-likeness (QED) is 0.813. The van der Waals surface area contributed by atoms with Gasteiger partial charge in [-0.3, -0.25) is 4.79 Å². The first-order valence-electron chi connectivity index (χ1n) is 8.85. The smallest absolute Gasteiger partial charge is 0.272 e. The molecule has 3 rings (SSSR count). The van der Waals surface area contributed by atoms with Crippen LogP contribution in [0.3, 0.4) is 0 Å². The Balaban J connectivity index is 1.58. The maximum Gasteiger partial charge on any atom is 0.272 e. The molecule has 1 saturated heterocycles. The summed E-state index contributed by atoms with van der Waals surface area (Å²) >= 11 is 0. The number of ether oxygens (including phenoxy) is 1. The zero-order chi connectivity index (χ0) is 18.5. The van der Waals surface area contributed by atoms with E-state index >= 15 is 0 Å². The third-order valence-corrected chi connectivity index (χ3v) is 4.44. The lowest BCUT2D eigenvalue weighted by atomic mass is 10.1. The molecule has 2 aromatic rings. The fourth-order valence-corrected chi connectivity index (χ4v) is 3.00. The standard InChI is InChI=1S/C19H25N5O2/c1-14-20-9-7-17(22-14)19(25)24-10-11-26-16(13-24)5-4-15-6-8-21-18(12-15)23(2)3/h6-9,12,16H,4-5,10-11,13H2,1-3H3/t16-/m1/s1. The summed E-state index contributed by atoms with van der Waals surface area (Å²) in [6.07, 6.45) is 5.25. The molecule has 1 aliphatic heterocycles. The second-order valence-corrected chi connectivity index (χ2v) is 6.69. The van der Waals surface area contributed by atoms with Crippen LogP contribution in [0.5, 0.6) is 0 Å². The number of morpholine rings is 1. The summed E-state index contributed by atoms with van der Waals surface area (Å²) in [5.74, 6) is 1.50. The zero-order valence-corrected chi connectivity index (χ0v) is 15.6. The lowest BCUT2D eigenvalue weighted by molar-refractivity contribution is -0.0247. The molecule has 1 atom stereocenters. The van der Waals surface area contributed by atoms with Crippen LogP contribution in [0.25, 0.3) is 0 Å². The lowest BCUT2D eigenvalue weighted by Gasteiger charge is -2.33. The van der Waals surface area contributed by atoms with Crippen molar-refractivity contribution in [1.82, 2.24) is 19.9 Å². The number of carbonyl (C=O) groups is 1. The van der Waals surface area contributed by atoms with Gasteiger partial charge in [-0.25, -0.2) is 15.0 Å². The van der Waals surface area contributed by atoms with E-state index in [-0.39, 0.29) is 12.0 Å². The zero-order valence-electron chi connectivity index (χ0n) is 15.6. The fourth-order valence-electron chi connectivity index (χ4n) is 3.00. The topological polar surface area (TPSA) is 71.5 Å². The number of amides is 1. The molecule has 0 radical (unpaired) electrons. The van der Waals surface area contributed by atoms with Gasteiger partial charge in [-0.2, -0.15) is 0 Å². The number of nitrogens with zero attached hydrogens (tertiary/aromatic N) is 5. The first kappa shape index (κ1) is 18.3. The Hall–Kier alpha value is -2.54. The monoisotopic (exact) mass is 355 g/mol. The van der Waals surface area contributed by atoms with E-state index in [4.69, 9.17) is 4.74 Å². The normalized spacial score (nSPS) is 17.2. The Kier molecular flexibility index (Phi) is 5.78. The molecular weight excluding hydrogens is 330 g/mol. The van der Waals surface area contributed by atoms with E-state index in [1.54, 1.807) is 19.2 Å². The van der Waals surface area contributed by atoms with Gasteiger partial charge in [0.25, 0.3) is 5.91 Å². The third-order valence-electron chi connectivity index (χ3n) is 4.44. The molecule has 0 bridgehead atoms. The maximum absolute atomic E-state index is 12.7. The van der Waals surface area contributed by atoms with Crippen LogP contribution < -0.4 is 4.90 Å². The molecule has 0 aliphatic carbocycles. The van der Waals surface area contributed by atoms with Crippen LogP contribution in [-0.4, -0.2) is 65.7 Å². The Morgan fingerprint density at radius 2 is 2.12 bits per heavy atom. The van der Waals surface area contributed by atoms with Crippen LogP contribution in [0.2, 0.25) is 0 Å². The van der Waals surface area contributed by atoms with E-state index in [0.29, 0.717) is 31.2 Å². The summed E-state index contributed by atoms with van der Waals surface area (Å²) in [5.41, 5.74) is 1.67. The lowest BCUT2D eigenvalue weighted by Crippen LogP contribution is -2.46. The van der Waals surface area contributed by atoms with Gasteiger partial charge in [-0.15, -0.1) is 0 Å². The van der Waals surface area contributed by atoms with Gasteiger partial charge in [0.1, 0.15) is 17.3 Å². The van der Waals surface area contributed by atoms with E-state index in [9.17, 15) is 4.79 Å². The van der Waals surface area contributed by atoms with E-state index in [1.807, 2.05) is 36.2 Å². The summed E-state index contributed by atoms with van der Waals surface area (Å²) in [4.78, 5) is 29.1. The Bertz CT molecular complexity index is 765. The molecule has 2 aromatic heterocycles. The highest BCUT2D eigenvalue weighted by Crippen LogP contribution is 2.16. The van der Waals surface area contributed by atoms with Gasteiger partial charge in [0.15, 0.2) is 0 Å². The largest absolute Gasteiger partial charge is 0.375 e. The number of aromatic nitrogens is 3. The van der Waals surface area contributed by atoms with Gasteiger partial charge in [0, 0.05) is 39.6 Å². The number of pyridine rings is 1. The predicted octanol–water partition coefficient (Wildman–Crippen LogP) is 1.72. The van der Waals surface area contributed by atoms with Crippen molar-refractivity contribution in [3.8, 4) is 0 Å². The van der Waals surface area contributed by atoms with Gasteiger partial charge >= 0.3 is 0 Å². The van der Waals surface area contributed by atoms with E-state index < -0.39 is 0 Å². The van der Waals surface area contributed by atoms with E-state index in [2.05, 4.69) is 21.0 Å². The average Bonchev–Trinajstić information content (AvgIpc) is 2.66. The molecule has 0 unspecified atom stereocenters. The molecule has 0 N–H and O–H groups in total. The van der Waals surface area contributed by atoms with Crippen LogP contribution in [0, 0.1) is 6.92 Å². The first-order chi connectivity index (χ1) is 12.5. The van der Waals surface area contributed by atoms with Crippen molar-refractivity contribution in [3.05, 3.63) is 47.7 Å². The van der Waals surface area contributed by atoms with Gasteiger partial charge in [0.2, 0.25) is 0 Å². The molecule has 26 heavy (non-hydrogen) atoms. The van der Waals surface area contributed by atoms with Gasteiger partial charge in [0.05, 0.1) is 12.7 Å². The number of anilines is 1. The second-order valence-electron chi connectivity index (χ2n) is 6.69. The molecule has 1 aliphatic rings. The minimum absolute atomic E-state index is 0.0339. The van der Waals surface area contributed by atoms with Crippen LogP contribution >= 0.6 is 0 Å². The first-order valence-corrected chi connectivity index (χ1v) is 8.85. The Morgan fingerprint density at radius 1 is 1.31 bits per heavy atom. The summed E-state index contributed by atoms with van der Waals surface area (Å²) < 4.78 is 5.86. The Morgan fingerprint density at radius 3 is 2.88 bits per heavy atom. The SMILES string of the molecule is Cc1nccc(C(=O)N2CCO[C@H](CCc3ccnc(N(C)C)c3)C2)n1. The predicted molar refractivity (Wildman–Crippen MR) is 99.3 cm³/mol. The molecule has 0 aromatic carbocycles. The van der Waals surface area contributed by atoms with Crippen molar-refractivity contribution < 1.29 is 9.53 Å². The Labute approximate surface area is 154 Å². The van der Waals surface area contributed by atoms with E-state index in [0.717, 1.165) is 18.7 Å². The number of aryl methyl sites for hydroxylation is 2. The molecule has 7 heteroatoms. The van der Waals surface area contributed by atoms with Crippen molar-refractivity contribution in [2.45, 2.75) is 25.9 Å². The molecule has 138 valence electrons. The van der Waals surface area contributed by atoms with Gasteiger partial charge in [-0.05, 0) is 43.5 Å².